The zero-order valence-electron chi connectivity index (χ0n) is 14.2. The van der Waals surface area contributed by atoms with Crippen LogP contribution in [0.4, 0.5) is 5.69 Å². The van der Waals surface area contributed by atoms with Crippen LogP contribution in [0.15, 0.2) is 17.6 Å². The van der Waals surface area contributed by atoms with Crippen LogP contribution in [0.3, 0.4) is 0 Å². The molecule has 5 nitrogen and oxygen atoms in total. The summed E-state index contributed by atoms with van der Waals surface area (Å²) in [5.74, 6) is 0. The van der Waals surface area contributed by atoms with Gasteiger partial charge in [-0.2, -0.15) is 0 Å². The Bertz CT molecular complexity index is 670. The first-order chi connectivity index (χ1) is 11.0. The number of nitrogens with zero attached hydrogens (tertiary/aromatic N) is 4. The number of anilines is 1. The first-order valence-corrected chi connectivity index (χ1v) is 8.79. The van der Waals surface area contributed by atoms with Crippen LogP contribution in [0.5, 0.6) is 0 Å². The van der Waals surface area contributed by atoms with Gasteiger partial charge in [0.25, 0.3) is 0 Å². The Morgan fingerprint density at radius 1 is 1.35 bits per heavy atom. The predicted octanol–water partition coefficient (Wildman–Crippen LogP) is 2.79. The number of thiazole rings is 1. The van der Waals surface area contributed by atoms with E-state index in [2.05, 4.69) is 47.9 Å². The molecule has 3 rings (SSSR count). The fraction of sp³-hybridized carbons (Fsp3) is 0.529. The van der Waals surface area contributed by atoms with Crippen LogP contribution in [0.1, 0.15) is 28.1 Å². The monoisotopic (exact) mass is 332 g/mol. The molecule has 1 fully saturated rings. The molecule has 23 heavy (non-hydrogen) atoms. The van der Waals surface area contributed by atoms with Gasteiger partial charge in [0.2, 0.25) is 0 Å². The molecule has 124 valence electrons. The molecule has 0 unspecified atom stereocenters. The lowest BCUT2D eigenvalue weighted by molar-refractivity contribution is -0.0347. The Morgan fingerprint density at radius 3 is 2.87 bits per heavy atom. The number of rotatable bonds is 4. The van der Waals surface area contributed by atoms with E-state index in [0.717, 1.165) is 43.3 Å². The molecule has 0 saturated carbocycles. The van der Waals surface area contributed by atoms with Gasteiger partial charge in [0.05, 0.1) is 23.5 Å². The van der Waals surface area contributed by atoms with Gasteiger partial charge in [-0.1, -0.05) is 0 Å². The van der Waals surface area contributed by atoms with Crippen LogP contribution in [0.2, 0.25) is 0 Å². The summed E-state index contributed by atoms with van der Waals surface area (Å²) in [4.78, 5) is 14.9. The van der Waals surface area contributed by atoms with Gasteiger partial charge in [-0.25, -0.2) is 4.98 Å². The summed E-state index contributed by atoms with van der Waals surface area (Å²) in [6.45, 7) is 7.64. The average Bonchev–Trinajstić information content (AvgIpc) is 2.92. The molecule has 0 radical (unpaired) electrons. The second kappa shape index (κ2) is 6.95. The molecule has 3 heterocycles. The number of pyridine rings is 1. The fourth-order valence-electron chi connectivity index (χ4n) is 2.80. The zero-order valence-corrected chi connectivity index (χ0v) is 15.1. The van der Waals surface area contributed by atoms with Gasteiger partial charge in [0.15, 0.2) is 0 Å². The summed E-state index contributed by atoms with van der Waals surface area (Å²) in [5, 5.41) is 0. The van der Waals surface area contributed by atoms with E-state index in [9.17, 15) is 0 Å². The number of aryl methyl sites for hydroxylation is 2. The topological polar surface area (TPSA) is 41.5 Å². The SMILES string of the molecule is Cc1cc(N(C)C)cc([C@@H]2CN(Cc3scnc3C)CCO2)n1. The maximum atomic E-state index is 6.00. The lowest BCUT2D eigenvalue weighted by Crippen LogP contribution is -2.38. The first kappa shape index (κ1) is 16.4. The number of hydrogen-bond donors (Lipinski definition) is 0. The quantitative estimate of drug-likeness (QED) is 0.861. The smallest absolute Gasteiger partial charge is 0.112 e. The van der Waals surface area contributed by atoms with Crippen LogP contribution >= 0.6 is 11.3 Å². The normalized spacial score (nSPS) is 19.0. The van der Waals surface area contributed by atoms with Crippen molar-refractivity contribution in [2.45, 2.75) is 26.5 Å². The van der Waals surface area contributed by atoms with Crippen LogP contribution in [-0.4, -0.2) is 48.7 Å². The van der Waals surface area contributed by atoms with E-state index in [4.69, 9.17) is 9.72 Å². The van der Waals surface area contributed by atoms with Gasteiger partial charge >= 0.3 is 0 Å². The highest BCUT2D eigenvalue weighted by atomic mass is 32.1. The summed E-state index contributed by atoms with van der Waals surface area (Å²) in [6.07, 6.45) is 0.0376. The molecule has 0 spiro atoms. The second-order valence-corrected chi connectivity index (χ2v) is 7.18. The van der Waals surface area contributed by atoms with Crippen molar-refractivity contribution in [2.75, 3.05) is 38.7 Å². The third kappa shape index (κ3) is 3.88. The van der Waals surface area contributed by atoms with Crippen LogP contribution in [-0.2, 0) is 11.3 Å². The molecule has 1 aliphatic rings. The Kier molecular flexibility index (Phi) is 4.94. The molecule has 1 saturated heterocycles. The summed E-state index contributed by atoms with van der Waals surface area (Å²) in [6, 6.07) is 4.24. The van der Waals surface area contributed by atoms with Crippen molar-refractivity contribution in [3.05, 3.63) is 39.6 Å². The largest absolute Gasteiger partial charge is 0.378 e. The van der Waals surface area contributed by atoms with E-state index >= 15 is 0 Å². The molecule has 1 atom stereocenters. The lowest BCUT2D eigenvalue weighted by Gasteiger charge is -2.32. The molecule has 2 aromatic rings. The van der Waals surface area contributed by atoms with Crippen LogP contribution in [0, 0.1) is 13.8 Å². The Labute approximate surface area is 141 Å². The van der Waals surface area contributed by atoms with Gasteiger partial charge in [0, 0.05) is 50.0 Å². The molecular weight excluding hydrogens is 308 g/mol. The molecule has 6 heteroatoms. The molecule has 0 bridgehead atoms. The van der Waals surface area contributed by atoms with E-state index in [1.165, 1.54) is 10.6 Å². The van der Waals surface area contributed by atoms with Crippen molar-refractivity contribution >= 4 is 17.0 Å². The summed E-state index contributed by atoms with van der Waals surface area (Å²) in [7, 11) is 4.11. The average molecular weight is 332 g/mol. The molecular formula is C17H24N4OS. The van der Waals surface area contributed by atoms with Crippen molar-refractivity contribution in [1.82, 2.24) is 14.9 Å². The molecule has 1 aliphatic heterocycles. The van der Waals surface area contributed by atoms with E-state index in [1.807, 2.05) is 12.4 Å². The van der Waals surface area contributed by atoms with Crippen molar-refractivity contribution in [3.8, 4) is 0 Å². The van der Waals surface area contributed by atoms with E-state index < -0.39 is 0 Å². The van der Waals surface area contributed by atoms with Gasteiger partial charge in [-0.3, -0.25) is 9.88 Å². The maximum absolute atomic E-state index is 6.00. The van der Waals surface area contributed by atoms with E-state index in [1.54, 1.807) is 11.3 Å². The van der Waals surface area contributed by atoms with Crippen molar-refractivity contribution < 1.29 is 4.74 Å². The molecule has 0 aromatic carbocycles. The summed E-state index contributed by atoms with van der Waals surface area (Å²) in [5.41, 5.74) is 6.30. The van der Waals surface area contributed by atoms with Gasteiger partial charge in [-0.15, -0.1) is 11.3 Å². The van der Waals surface area contributed by atoms with Crippen molar-refractivity contribution in [2.24, 2.45) is 0 Å². The van der Waals surface area contributed by atoms with E-state index in [0.29, 0.717) is 0 Å². The van der Waals surface area contributed by atoms with Crippen LogP contribution in [0.25, 0.3) is 0 Å². The first-order valence-electron chi connectivity index (χ1n) is 7.92. The van der Waals surface area contributed by atoms with Crippen molar-refractivity contribution in [3.63, 3.8) is 0 Å². The van der Waals surface area contributed by atoms with Crippen LogP contribution < -0.4 is 4.90 Å². The van der Waals surface area contributed by atoms with E-state index in [-0.39, 0.29) is 6.10 Å². The maximum Gasteiger partial charge on any atom is 0.112 e. The number of morpholine rings is 1. The highest BCUT2D eigenvalue weighted by molar-refractivity contribution is 7.09. The van der Waals surface area contributed by atoms with Gasteiger partial charge in [-0.05, 0) is 26.0 Å². The standard InChI is InChI=1S/C17H24N4OS/c1-12-7-14(20(3)4)8-15(19-12)16-9-21(5-6-22-16)10-17-13(2)18-11-23-17/h7-8,11,16H,5-6,9-10H2,1-4H3/t16-/m0/s1. The highest BCUT2D eigenvalue weighted by Crippen LogP contribution is 2.26. The second-order valence-electron chi connectivity index (χ2n) is 6.24. The highest BCUT2D eigenvalue weighted by Gasteiger charge is 2.24. The Hall–Kier alpha value is -1.50. The minimum absolute atomic E-state index is 0.0376. The minimum atomic E-state index is 0.0376. The number of ether oxygens (including phenoxy) is 1. The van der Waals surface area contributed by atoms with Gasteiger partial charge < -0.3 is 9.64 Å². The minimum Gasteiger partial charge on any atom is -0.378 e. The van der Waals surface area contributed by atoms with Crippen molar-refractivity contribution in [1.29, 1.82) is 0 Å². The molecule has 0 amide bonds. The number of hydrogen-bond acceptors (Lipinski definition) is 6. The summed E-state index contributed by atoms with van der Waals surface area (Å²) >= 11 is 1.73. The lowest BCUT2D eigenvalue weighted by atomic mass is 10.1. The summed E-state index contributed by atoms with van der Waals surface area (Å²) < 4.78 is 6.00. The molecule has 0 N–H and O–H groups in total. The fourth-order valence-corrected chi connectivity index (χ4v) is 3.62. The zero-order chi connectivity index (χ0) is 16.4. The third-order valence-corrected chi connectivity index (χ3v) is 5.09. The number of aromatic nitrogens is 2. The molecule has 2 aromatic heterocycles. The molecule has 0 aliphatic carbocycles. The Morgan fingerprint density at radius 2 is 2.17 bits per heavy atom. The predicted molar refractivity (Wildman–Crippen MR) is 94.1 cm³/mol. The third-order valence-electron chi connectivity index (χ3n) is 4.17. The Balaban J connectivity index is 1.74. The van der Waals surface area contributed by atoms with Gasteiger partial charge in [0.1, 0.15) is 6.10 Å².